The molecular weight excluding hydrogens is 328 g/mol. The Morgan fingerprint density at radius 2 is 1.83 bits per heavy atom. The molecule has 0 aliphatic carbocycles. The van der Waals surface area contributed by atoms with Crippen LogP contribution in [0.25, 0.3) is 0 Å². The monoisotopic (exact) mass is 346 g/mol. The van der Waals surface area contributed by atoms with E-state index in [1.165, 1.54) is 19.5 Å². The lowest BCUT2D eigenvalue weighted by molar-refractivity contribution is -0.142. The van der Waals surface area contributed by atoms with Gasteiger partial charge in [0.1, 0.15) is 6.04 Å². The van der Waals surface area contributed by atoms with Gasteiger partial charge >= 0.3 is 5.97 Å². The van der Waals surface area contributed by atoms with E-state index in [4.69, 9.17) is 4.74 Å². The minimum Gasteiger partial charge on any atom is -0.467 e. The molecule has 0 fully saturated rings. The highest BCUT2D eigenvalue weighted by atomic mass is 32.2. The summed E-state index contributed by atoms with van der Waals surface area (Å²) in [5, 5.41) is 2.62. The van der Waals surface area contributed by atoms with Gasteiger partial charge in [0.05, 0.1) is 17.9 Å². The lowest BCUT2D eigenvalue weighted by Gasteiger charge is -2.16. The summed E-state index contributed by atoms with van der Waals surface area (Å²) in [7, 11) is 0.00117. The van der Waals surface area contributed by atoms with Crippen molar-refractivity contribution in [2.75, 3.05) is 12.9 Å². The second kappa shape index (κ2) is 8.93. The molecule has 2 aromatic rings. The second-order valence-electron chi connectivity index (χ2n) is 4.94. The molecule has 0 spiro atoms. The molecule has 0 saturated carbocycles. The summed E-state index contributed by atoms with van der Waals surface area (Å²) in [6.07, 6.45) is 3.20. The number of esters is 1. The summed E-state index contributed by atoms with van der Waals surface area (Å²) in [4.78, 5) is 28.6. The van der Waals surface area contributed by atoms with E-state index in [1.807, 2.05) is 6.07 Å². The van der Waals surface area contributed by atoms with Gasteiger partial charge in [-0.3, -0.25) is 14.0 Å². The van der Waals surface area contributed by atoms with E-state index in [2.05, 4.69) is 10.3 Å². The van der Waals surface area contributed by atoms with E-state index < -0.39 is 28.7 Å². The SMILES string of the molecule is COC(=O)[C@@H](CC[S@](=O)c1ccccc1)NC(=O)c1ccncc1. The Balaban J connectivity index is 2.00. The molecule has 1 heterocycles. The first-order chi connectivity index (χ1) is 11.6. The second-order valence-corrected chi connectivity index (χ2v) is 6.51. The van der Waals surface area contributed by atoms with E-state index in [0.29, 0.717) is 10.5 Å². The number of rotatable bonds is 7. The summed E-state index contributed by atoms with van der Waals surface area (Å²) in [6, 6.07) is 11.2. The van der Waals surface area contributed by atoms with E-state index in [0.717, 1.165) is 0 Å². The van der Waals surface area contributed by atoms with Crippen molar-refractivity contribution in [2.24, 2.45) is 0 Å². The van der Waals surface area contributed by atoms with Crippen LogP contribution in [-0.2, 0) is 20.3 Å². The third-order valence-corrected chi connectivity index (χ3v) is 4.74. The standard InChI is InChI=1S/C17H18N2O4S/c1-23-17(21)15(19-16(20)13-7-10-18-11-8-13)9-12-24(22)14-5-3-2-4-6-14/h2-8,10-11,15H,9,12H2,1H3,(H,19,20)/t15-,24+/m1/s1. The van der Waals surface area contributed by atoms with Crippen molar-refractivity contribution in [3.8, 4) is 0 Å². The van der Waals surface area contributed by atoms with Crippen LogP contribution in [0.4, 0.5) is 0 Å². The van der Waals surface area contributed by atoms with Crippen LogP contribution in [0.3, 0.4) is 0 Å². The summed E-state index contributed by atoms with van der Waals surface area (Å²) in [5.74, 6) is -0.735. The molecule has 0 radical (unpaired) electrons. The van der Waals surface area contributed by atoms with Crippen molar-refractivity contribution < 1.29 is 18.5 Å². The molecule has 0 saturated heterocycles. The van der Waals surface area contributed by atoms with E-state index in [9.17, 15) is 13.8 Å². The zero-order chi connectivity index (χ0) is 17.4. The van der Waals surface area contributed by atoms with E-state index in [1.54, 1.807) is 36.4 Å². The maximum absolute atomic E-state index is 12.3. The fourth-order valence-electron chi connectivity index (χ4n) is 2.05. The molecule has 1 N–H and O–H groups in total. The van der Waals surface area contributed by atoms with Gasteiger partial charge in [-0.1, -0.05) is 18.2 Å². The van der Waals surface area contributed by atoms with Gasteiger partial charge < -0.3 is 10.1 Å². The first-order valence-electron chi connectivity index (χ1n) is 7.34. The van der Waals surface area contributed by atoms with Crippen LogP contribution in [0.15, 0.2) is 59.8 Å². The van der Waals surface area contributed by atoms with Crippen LogP contribution in [0.1, 0.15) is 16.8 Å². The smallest absolute Gasteiger partial charge is 0.328 e. The molecule has 6 nitrogen and oxygen atoms in total. The Kier molecular flexibility index (Phi) is 6.62. The first-order valence-corrected chi connectivity index (χ1v) is 8.66. The fraction of sp³-hybridized carbons (Fsp3) is 0.235. The Morgan fingerprint density at radius 3 is 2.46 bits per heavy atom. The Morgan fingerprint density at radius 1 is 1.17 bits per heavy atom. The first kappa shape index (κ1) is 17.8. The molecule has 0 bridgehead atoms. The number of hydrogen-bond acceptors (Lipinski definition) is 5. The van der Waals surface area contributed by atoms with Crippen molar-refractivity contribution in [3.05, 3.63) is 60.4 Å². The van der Waals surface area contributed by atoms with Gasteiger partial charge in [-0.05, 0) is 30.7 Å². The number of methoxy groups -OCH3 is 1. The third kappa shape index (κ3) is 4.99. The maximum atomic E-state index is 12.3. The highest BCUT2D eigenvalue weighted by molar-refractivity contribution is 7.85. The van der Waals surface area contributed by atoms with Crippen molar-refractivity contribution in [1.29, 1.82) is 0 Å². The molecule has 7 heteroatoms. The molecule has 1 amide bonds. The lowest BCUT2D eigenvalue weighted by atomic mass is 10.2. The van der Waals surface area contributed by atoms with Gasteiger partial charge in [0.2, 0.25) is 0 Å². The van der Waals surface area contributed by atoms with Gasteiger partial charge in [0.15, 0.2) is 0 Å². The zero-order valence-electron chi connectivity index (χ0n) is 13.2. The van der Waals surface area contributed by atoms with Gasteiger partial charge in [0.25, 0.3) is 5.91 Å². The van der Waals surface area contributed by atoms with Gasteiger partial charge in [-0.25, -0.2) is 4.79 Å². The molecule has 1 aromatic carbocycles. The van der Waals surface area contributed by atoms with Crippen LogP contribution in [-0.4, -0.2) is 40.0 Å². The zero-order valence-corrected chi connectivity index (χ0v) is 14.0. The highest BCUT2D eigenvalue weighted by Gasteiger charge is 2.23. The summed E-state index contributed by atoms with van der Waals surface area (Å²) < 4.78 is 17.0. The third-order valence-electron chi connectivity index (χ3n) is 3.33. The minimum atomic E-state index is -1.25. The summed E-state index contributed by atoms with van der Waals surface area (Å²) in [5.41, 5.74) is 0.392. The predicted molar refractivity (Wildman–Crippen MR) is 89.8 cm³/mol. The van der Waals surface area contributed by atoms with E-state index >= 15 is 0 Å². The molecule has 0 aliphatic heterocycles. The quantitative estimate of drug-likeness (QED) is 0.769. The number of nitrogens with one attached hydrogen (secondary N) is 1. The number of carbonyl (C=O) groups is 2. The molecular formula is C17H18N2O4S. The Labute approximate surface area is 142 Å². The van der Waals surface area contributed by atoms with Gasteiger partial charge in [-0.15, -0.1) is 0 Å². The van der Waals surface area contributed by atoms with Crippen LogP contribution in [0.5, 0.6) is 0 Å². The number of carbonyl (C=O) groups excluding carboxylic acids is 2. The van der Waals surface area contributed by atoms with Crippen LogP contribution < -0.4 is 5.32 Å². The molecule has 1 aromatic heterocycles. The van der Waals surface area contributed by atoms with E-state index in [-0.39, 0.29) is 12.2 Å². The number of amides is 1. The van der Waals surface area contributed by atoms with Crippen molar-refractivity contribution in [2.45, 2.75) is 17.4 Å². The molecule has 126 valence electrons. The number of nitrogens with zero attached hydrogens (tertiary/aromatic N) is 1. The summed E-state index contributed by atoms with van der Waals surface area (Å²) >= 11 is 0. The topological polar surface area (TPSA) is 85.4 Å². The fourth-order valence-corrected chi connectivity index (χ4v) is 3.20. The van der Waals surface area contributed by atoms with Crippen LogP contribution >= 0.6 is 0 Å². The van der Waals surface area contributed by atoms with Crippen molar-refractivity contribution in [3.63, 3.8) is 0 Å². The average Bonchev–Trinajstić information content (AvgIpc) is 2.65. The molecule has 24 heavy (non-hydrogen) atoms. The number of hydrogen-bond donors (Lipinski definition) is 1. The average molecular weight is 346 g/mol. The molecule has 0 aliphatic rings. The molecule has 0 unspecified atom stereocenters. The Bertz CT molecular complexity index is 707. The maximum Gasteiger partial charge on any atom is 0.328 e. The number of benzene rings is 1. The number of pyridine rings is 1. The Hall–Kier alpha value is -2.54. The van der Waals surface area contributed by atoms with Crippen LogP contribution in [0.2, 0.25) is 0 Å². The molecule has 2 atom stereocenters. The number of aromatic nitrogens is 1. The predicted octanol–water partition coefficient (Wildman–Crippen LogP) is 1.55. The van der Waals surface area contributed by atoms with Gasteiger partial charge in [0, 0.05) is 28.6 Å². The van der Waals surface area contributed by atoms with Gasteiger partial charge in [-0.2, -0.15) is 0 Å². The lowest BCUT2D eigenvalue weighted by Crippen LogP contribution is -2.42. The highest BCUT2D eigenvalue weighted by Crippen LogP contribution is 2.09. The largest absolute Gasteiger partial charge is 0.467 e. The summed E-state index contributed by atoms with van der Waals surface area (Å²) in [6.45, 7) is 0. The van der Waals surface area contributed by atoms with Crippen molar-refractivity contribution >= 4 is 22.7 Å². The minimum absolute atomic E-state index is 0.213. The van der Waals surface area contributed by atoms with Crippen LogP contribution in [0, 0.1) is 0 Å². The normalized spacial score (nSPS) is 12.9. The van der Waals surface area contributed by atoms with Crippen molar-refractivity contribution in [1.82, 2.24) is 10.3 Å². The molecule has 2 rings (SSSR count). The number of ether oxygens (including phenoxy) is 1.